The van der Waals surface area contributed by atoms with Gasteiger partial charge in [-0.2, -0.15) is 0 Å². The molecule has 9 N–H and O–H groups in total. The van der Waals surface area contributed by atoms with Crippen molar-refractivity contribution in [3.63, 3.8) is 0 Å². The number of carbonyl (C=O) groups is 1. The highest BCUT2D eigenvalue weighted by Gasteiger charge is 2.83. The molecule has 5 aliphatic carbocycles. The molecule has 0 unspecified atom stereocenters. The smallest absolute Gasteiger partial charge is 0.187 e. The van der Waals surface area contributed by atoms with Crippen molar-refractivity contribution in [1.82, 2.24) is 0 Å². The summed E-state index contributed by atoms with van der Waals surface area (Å²) in [5.74, 6) is 0.638. The van der Waals surface area contributed by atoms with E-state index in [2.05, 4.69) is 34.6 Å². The number of ketones is 1. The Morgan fingerprint density at radius 3 is 1.96 bits per heavy atom. The molecule has 0 radical (unpaired) electrons. The van der Waals surface area contributed by atoms with Crippen LogP contribution in [-0.2, 0) is 28.5 Å². The fourth-order valence-electron chi connectivity index (χ4n) is 14.7. The number of Topliss-reactive ketones (excluding diaryl/α,β-unsaturated/α-hetero) is 1. The van der Waals surface area contributed by atoms with Crippen LogP contribution in [0, 0.1) is 50.7 Å². The number of hydrogen-bond acceptors (Lipinski definition) is 15. The average molecular weight is 813 g/mol. The van der Waals surface area contributed by atoms with Crippen LogP contribution in [-0.4, -0.2) is 157 Å². The van der Waals surface area contributed by atoms with Gasteiger partial charge >= 0.3 is 0 Å². The fraction of sp³-hybridized carbons (Fsp3) is 0.976. The van der Waals surface area contributed by atoms with Crippen molar-refractivity contribution in [3.8, 4) is 0 Å². The van der Waals surface area contributed by atoms with Gasteiger partial charge in [0.15, 0.2) is 12.6 Å². The monoisotopic (exact) mass is 812 g/mol. The van der Waals surface area contributed by atoms with Gasteiger partial charge in [0.05, 0.1) is 38.1 Å². The van der Waals surface area contributed by atoms with Crippen LogP contribution in [0.1, 0.15) is 99.3 Å². The summed E-state index contributed by atoms with van der Waals surface area (Å²) >= 11 is 0. The van der Waals surface area contributed by atoms with Gasteiger partial charge in [-0.25, -0.2) is 0 Å². The van der Waals surface area contributed by atoms with E-state index in [9.17, 15) is 50.8 Å². The normalized spacial score (nSPS) is 57.4. The summed E-state index contributed by atoms with van der Waals surface area (Å²) in [4.78, 5) is 14.3. The van der Waals surface area contributed by atoms with Gasteiger partial charge in [0, 0.05) is 18.8 Å². The lowest BCUT2D eigenvalue weighted by Crippen LogP contribution is -2.65. The van der Waals surface area contributed by atoms with Crippen LogP contribution in [0.4, 0.5) is 0 Å². The predicted octanol–water partition coefficient (Wildman–Crippen LogP) is 0.151. The number of ether oxygens (including phenoxy) is 5. The Kier molecular flexibility index (Phi) is 10.8. The first-order valence-electron chi connectivity index (χ1n) is 21.4. The molecule has 8 fully saturated rings. The summed E-state index contributed by atoms with van der Waals surface area (Å²) in [6.45, 7) is 11.4. The predicted molar refractivity (Wildman–Crippen MR) is 199 cm³/mol. The van der Waals surface area contributed by atoms with Crippen molar-refractivity contribution in [2.45, 2.75) is 185 Å². The van der Waals surface area contributed by atoms with Gasteiger partial charge in [-0.1, -0.05) is 34.6 Å². The molecule has 0 bridgehead atoms. The molecule has 2 spiro atoms. The lowest BCUT2D eigenvalue weighted by atomic mass is 9.41. The maximum Gasteiger partial charge on any atom is 0.187 e. The number of hydrogen-bond donors (Lipinski definition) is 9. The lowest BCUT2D eigenvalue weighted by Gasteiger charge is -2.63. The third-order valence-corrected chi connectivity index (χ3v) is 18.2. The second-order valence-corrected chi connectivity index (χ2v) is 20.9. The maximum atomic E-state index is 14.3. The molecule has 15 heteroatoms. The Labute approximate surface area is 335 Å². The van der Waals surface area contributed by atoms with Crippen molar-refractivity contribution in [2.75, 3.05) is 19.8 Å². The summed E-state index contributed by atoms with van der Waals surface area (Å²) in [7, 11) is 0. The molecule has 22 atom stereocenters. The van der Waals surface area contributed by atoms with Gasteiger partial charge in [-0.15, -0.1) is 0 Å². The quantitative estimate of drug-likeness (QED) is 0.141. The van der Waals surface area contributed by atoms with Gasteiger partial charge in [-0.3, -0.25) is 4.79 Å². The second-order valence-electron chi connectivity index (χ2n) is 20.9. The van der Waals surface area contributed by atoms with Crippen LogP contribution in [0.3, 0.4) is 0 Å². The zero-order valence-corrected chi connectivity index (χ0v) is 34.3. The highest BCUT2D eigenvalue weighted by atomic mass is 16.8. The Morgan fingerprint density at radius 2 is 1.33 bits per heavy atom. The van der Waals surface area contributed by atoms with Crippen LogP contribution in [0.15, 0.2) is 0 Å². The standard InChI is InChI=1S/C42H68O15/c1-19(21-13-26(47)40(6,18-45)57-21)28-20(46)14-39(5)25-8-7-24-37(2,3)27(9-10-41(24)17-42(25,41)12-11-38(28,39)4)55-36-34(32(51)30(49)23(16-44)54-36)56-35-33(52)31(50)29(48)22(15-43)53-35/h19,21-36,43-45,47-52H,7-18H2,1-6H3/t19-,21-,22+,23+,24-,25+,26-,27+,28-,29+,30+,31-,32-,33+,34+,35-,36-,38+,39-,40+,41-,42+/m1/s1. The molecular formula is C42H68O15. The van der Waals surface area contributed by atoms with Crippen molar-refractivity contribution >= 4 is 5.78 Å². The van der Waals surface area contributed by atoms with E-state index in [1.54, 1.807) is 6.92 Å². The SMILES string of the molecule is C[C@H]([C@H]1C[C@@H](O)[C@](C)(CO)O1)[C@@H]1C(=O)C[C@]2(C)[C@@H]3CC[C@@H]4C(C)(C)[C@@H](O[C@H]5O[C@@H](CO)[C@H](O)[C@@H](O)[C@@H]5O[C@H]5O[C@@H](CO)[C@H](O)[C@@H](O)[C@@H]5O)CC[C@@]45C[C@@]35CC[C@@]12C. The number of aliphatic hydroxyl groups excluding tert-OH is 9. The lowest BCUT2D eigenvalue weighted by molar-refractivity contribution is -0.377. The van der Waals surface area contributed by atoms with E-state index in [-0.39, 0.29) is 69.4 Å². The van der Waals surface area contributed by atoms with Crippen LogP contribution in [0.5, 0.6) is 0 Å². The van der Waals surface area contributed by atoms with Crippen molar-refractivity contribution in [1.29, 1.82) is 0 Å². The Morgan fingerprint density at radius 1 is 0.719 bits per heavy atom. The molecule has 326 valence electrons. The van der Waals surface area contributed by atoms with Gasteiger partial charge in [0.1, 0.15) is 60.2 Å². The average Bonchev–Trinajstić information content (AvgIpc) is 3.66. The molecule has 8 rings (SSSR count). The van der Waals surface area contributed by atoms with Crippen LogP contribution < -0.4 is 0 Å². The number of carbonyl (C=O) groups excluding carboxylic acids is 1. The summed E-state index contributed by atoms with van der Waals surface area (Å²) in [6.07, 6.45) is -9.12. The molecular weight excluding hydrogens is 744 g/mol. The molecule has 15 nitrogen and oxygen atoms in total. The zero-order chi connectivity index (χ0) is 41.4. The first-order chi connectivity index (χ1) is 26.7. The maximum absolute atomic E-state index is 14.3. The van der Waals surface area contributed by atoms with Gasteiger partial charge in [-0.05, 0) is 96.7 Å². The summed E-state index contributed by atoms with van der Waals surface area (Å²) < 4.78 is 30.7. The third-order valence-electron chi connectivity index (χ3n) is 18.2. The van der Waals surface area contributed by atoms with Crippen molar-refractivity contribution in [3.05, 3.63) is 0 Å². The molecule has 3 aliphatic heterocycles. The molecule has 5 saturated carbocycles. The molecule has 3 heterocycles. The number of fused-ring (bicyclic) bond motifs is 2. The molecule has 0 aromatic rings. The molecule has 0 aromatic heterocycles. The van der Waals surface area contributed by atoms with Gasteiger partial charge < -0.3 is 69.6 Å². The summed E-state index contributed by atoms with van der Waals surface area (Å²) in [5, 5.41) is 94.1. The minimum Gasteiger partial charge on any atom is -0.394 e. The fourth-order valence-corrected chi connectivity index (χ4v) is 14.7. The molecule has 0 amide bonds. The molecule has 57 heavy (non-hydrogen) atoms. The van der Waals surface area contributed by atoms with Crippen LogP contribution in [0.25, 0.3) is 0 Å². The highest BCUT2D eigenvalue weighted by Crippen LogP contribution is 2.89. The minimum atomic E-state index is -1.76. The Bertz CT molecular complexity index is 1530. The van der Waals surface area contributed by atoms with Crippen molar-refractivity contribution < 1.29 is 74.4 Å². The minimum absolute atomic E-state index is 0.0704. The Hall–Kier alpha value is -0.890. The third kappa shape index (κ3) is 5.92. The van der Waals surface area contributed by atoms with E-state index in [1.165, 1.54) is 0 Å². The first-order valence-corrected chi connectivity index (χ1v) is 21.4. The Balaban J connectivity index is 1.01. The van der Waals surface area contributed by atoms with Gasteiger partial charge in [0.2, 0.25) is 0 Å². The molecule has 0 aromatic carbocycles. The van der Waals surface area contributed by atoms with E-state index in [0.29, 0.717) is 25.2 Å². The summed E-state index contributed by atoms with van der Waals surface area (Å²) in [5.41, 5.74) is -1.69. The zero-order valence-electron chi connectivity index (χ0n) is 34.3. The second kappa shape index (κ2) is 14.3. The first kappa shape index (κ1) is 42.8. The van der Waals surface area contributed by atoms with Crippen LogP contribution >= 0.6 is 0 Å². The van der Waals surface area contributed by atoms with E-state index in [0.717, 1.165) is 38.5 Å². The summed E-state index contributed by atoms with van der Waals surface area (Å²) in [6, 6.07) is 0. The van der Waals surface area contributed by atoms with E-state index in [4.69, 9.17) is 23.7 Å². The van der Waals surface area contributed by atoms with Crippen molar-refractivity contribution in [2.24, 2.45) is 50.7 Å². The van der Waals surface area contributed by atoms with E-state index in [1.807, 2.05) is 0 Å². The van der Waals surface area contributed by atoms with Gasteiger partial charge in [0.25, 0.3) is 0 Å². The molecule has 3 saturated heterocycles. The van der Waals surface area contributed by atoms with E-state index >= 15 is 0 Å². The highest BCUT2D eigenvalue weighted by molar-refractivity contribution is 5.86. The largest absolute Gasteiger partial charge is 0.394 e. The molecule has 8 aliphatic rings. The topological polar surface area (TPSA) is 245 Å². The van der Waals surface area contributed by atoms with Crippen LogP contribution in [0.2, 0.25) is 0 Å². The number of aliphatic hydroxyl groups is 9. The van der Waals surface area contributed by atoms with E-state index < -0.39 is 86.3 Å². The number of rotatable bonds is 9.